The molecule has 1 atom stereocenters. The predicted molar refractivity (Wildman–Crippen MR) is 118 cm³/mol. The van der Waals surface area contributed by atoms with Crippen molar-refractivity contribution in [3.8, 4) is 17.2 Å². The molecule has 3 aromatic rings. The number of aliphatic carboxylic acids is 1. The summed E-state index contributed by atoms with van der Waals surface area (Å²) >= 11 is 0. The van der Waals surface area contributed by atoms with Crippen molar-refractivity contribution >= 4 is 5.97 Å². The number of carbonyl (C=O) groups is 1. The van der Waals surface area contributed by atoms with Gasteiger partial charge in [-0.2, -0.15) is 0 Å². The second kappa shape index (κ2) is 10.3. The molecule has 6 heteroatoms. The van der Waals surface area contributed by atoms with Crippen LogP contribution in [0, 0.1) is 13.8 Å². The number of benzene rings is 2. The number of aryl methyl sites for hydroxylation is 3. The second-order valence-electron chi connectivity index (χ2n) is 7.40. The first-order chi connectivity index (χ1) is 14.9. The summed E-state index contributed by atoms with van der Waals surface area (Å²) in [6.45, 7) is 8.40. The number of rotatable bonds is 10. The van der Waals surface area contributed by atoms with Crippen molar-refractivity contribution in [2.45, 2.75) is 53.2 Å². The van der Waals surface area contributed by atoms with Gasteiger partial charge in [0.2, 0.25) is 5.89 Å². The van der Waals surface area contributed by atoms with E-state index in [-0.39, 0.29) is 0 Å². The summed E-state index contributed by atoms with van der Waals surface area (Å²) in [5, 5.41) is 9.36. The Hall–Kier alpha value is -3.12. The number of carboxylic acid groups (broad SMARTS) is 1. The lowest BCUT2D eigenvalue weighted by molar-refractivity contribution is -0.149. The Labute approximate surface area is 182 Å². The lowest BCUT2D eigenvalue weighted by Crippen LogP contribution is -2.26. The average molecular weight is 424 g/mol. The Morgan fingerprint density at radius 3 is 2.58 bits per heavy atom. The molecule has 2 aromatic carbocycles. The summed E-state index contributed by atoms with van der Waals surface area (Å²) in [5.74, 6) is 1.08. The summed E-state index contributed by atoms with van der Waals surface area (Å²) in [5.41, 5.74) is 4.82. The van der Waals surface area contributed by atoms with Crippen molar-refractivity contribution in [3.05, 3.63) is 70.6 Å². The molecule has 0 amide bonds. The molecule has 164 valence electrons. The first-order valence-corrected chi connectivity index (χ1v) is 10.5. The van der Waals surface area contributed by atoms with Crippen LogP contribution in [0.3, 0.4) is 0 Å². The van der Waals surface area contributed by atoms with Crippen LogP contribution in [0.4, 0.5) is 0 Å². The van der Waals surface area contributed by atoms with Gasteiger partial charge in [0.25, 0.3) is 0 Å². The van der Waals surface area contributed by atoms with Gasteiger partial charge in [-0.1, -0.05) is 31.2 Å². The Bertz CT molecular complexity index is 1040. The Morgan fingerprint density at radius 1 is 1.13 bits per heavy atom. The largest absolute Gasteiger partial charge is 0.487 e. The highest BCUT2D eigenvalue weighted by Crippen LogP contribution is 2.26. The van der Waals surface area contributed by atoms with Crippen LogP contribution in [0.5, 0.6) is 5.75 Å². The molecule has 3 rings (SSSR count). The number of ether oxygens (including phenoxy) is 2. The fourth-order valence-electron chi connectivity index (χ4n) is 3.48. The number of aromatic nitrogens is 1. The number of carboxylic acids is 1. The highest BCUT2D eigenvalue weighted by atomic mass is 16.5. The van der Waals surface area contributed by atoms with Gasteiger partial charge in [-0.15, -0.1) is 0 Å². The number of nitrogens with zero attached hydrogens (tertiary/aromatic N) is 1. The van der Waals surface area contributed by atoms with E-state index < -0.39 is 12.1 Å². The molecule has 1 aromatic heterocycles. The third-order valence-corrected chi connectivity index (χ3v) is 5.25. The maximum Gasteiger partial charge on any atom is 0.333 e. The van der Waals surface area contributed by atoms with Crippen LogP contribution >= 0.6 is 0 Å². The quantitative estimate of drug-likeness (QED) is 0.487. The van der Waals surface area contributed by atoms with Crippen LogP contribution in [0.1, 0.15) is 42.0 Å². The number of oxazole rings is 1. The van der Waals surface area contributed by atoms with E-state index in [1.807, 2.05) is 63.2 Å². The van der Waals surface area contributed by atoms with Gasteiger partial charge in [0.15, 0.2) is 6.10 Å². The Kier molecular flexibility index (Phi) is 7.47. The zero-order chi connectivity index (χ0) is 22.4. The number of hydrogen-bond donors (Lipinski definition) is 1. The van der Waals surface area contributed by atoms with Crippen molar-refractivity contribution in [2.24, 2.45) is 0 Å². The molecule has 0 saturated carbocycles. The zero-order valence-electron chi connectivity index (χ0n) is 18.5. The van der Waals surface area contributed by atoms with Crippen molar-refractivity contribution in [3.63, 3.8) is 0 Å². The van der Waals surface area contributed by atoms with Gasteiger partial charge in [0, 0.05) is 18.6 Å². The standard InChI is InChI=1S/C25H29NO5/c1-5-18-13-20(12-11-19(18)14-23(25(27)28)29-6-2)30-15-22-17(4)31-24(26-22)21-10-8-7-9-16(21)3/h7-13,23H,5-6,14-15H2,1-4H3,(H,27,28). The van der Waals surface area contributed by atoms with Crippen molar-refractivity contribution < 1.29 is 23.8 Å². The van der Waals surface area contributed by atoms with E-state index in [1.165, 1.54) is 0 Å². The van der Waals surface area contributed by atoms with Gasteiger partial charge < -0.3 is 19.0 Å². The third kappa shape index (κ3) is 5.52. The molecule has 0 radical (unpaired) electrons. The monoisotopic (exact) mass is 423 g/mol. The van der Waals surface area contributed by atoms with Crippen molar-refractivity contribution in [1.82, 2.24) is 4.98 Å². The third-order valence-electron chi connectivity index (χ3n) is 5.25. The van der Waals surface area contributed by atoms with E-state index in [4.69, 9.17) is 13.9 Å². The summed E-state index contributed by atoms with van der Waals surface area (Å²) in [6.07, 6.45) is 0.250. The molecule has 0 aliphatic carbocycles. The number of hydrogen-bond acceptors (Lipinski definition) is 5. The van der Waals surface area contributed by atoms with Gasteiger partial charge in [-0.25, -0.2) is 9.78 Å². The highest BCUT2D eigenvalue weighted by Gasteiger charge is 2.20. The molecule has 1 N–H and O–H groups in total. The van der Waals surface area contributed by atoms with Crippen molar-refractivity contribution in [1.29, 1.82) is 0 Å². The summed E-state index contributed by atoms with van der Waals surface area (Å²) in [4.78, 5) is 16.0. The average Bonchev–Trinajstić information content (AvgIpc) is 3.13. The Balaban J connectivity index is 1.72. The van der Waals surface area contributed by atoms with Crippen LogP contribution < -0.4 is 4.74 Å². The van der Waals surface area contributed by atoms with Crippen LogP contribution in [-0.4, -0.2) is 28.8 Å². The second-order valence-corrected chi connectivity index (χ2v) is 7.40. The lowest BCUT2D eigenvalue weighted by Gasteiger charge is -2.16. The molecule has 1 unspecified atom stereocenters. The lowest BCUT2D eigenvalue weighted by atomic mass is 9.99. The van der Waals surface area contributed by atoms with Crippen LogP contribution in [0.25, 0.3) is 11.5 Å². The molecule has 0 bridgehead atoms. The molecule has 0 aliphatic rings. The molecule has 0 fully saturated rings. The Morgan fingerprint density at radius 2 is 1.90 bits per heavy atom. The van der Waals surface area contributed by atoms with E-state index >= 15 is 0 Å². The normalized spacial score (nSPS) is 12.0. The first kappa shape index (κ1) is 22.6. The van der Waals surface area contributed by atoms with E-state index in [0.717, 1.165) is 40.1 Å². The molecule has 0 aliphatic heterocycles. The van der Waals surface area contributed by atoms with Gasteiger partial charge in [0.1, 0.15) is 23.8 Å². The maximum atomic E-state index is 11.4. The first-order valence-electron chi connectivity index (χ1n) is 10.5. The van der Waals surface area contributed by atoms with Gasteiger partial charge in [-0.3, -0.25) is 0 Å². The summed E-state index contributed by atoms with van der Waals surface area (Å²) in [6, 6.07) is 13.7. The molecule has 1 heterocycles. The van der Waals surface area contributed by atoms with E-state index in [1.54, 1.807) is 6.92 Å². The smallest absolute Gasteiger partial charge is 0.333 e. The molecule has 0 saturated heterocycles. The van der Waals surface area contributed by atoms with Gasteiger partial charge >= 0.3 is 5.97 Å². The minimum atomic E-state index is -0.949. The molecule has 6 nitrogen and oxygen atoms in total. The SMILES string of the molecule is CCOC(Cc1ccc(OCc2nc(-c3ccccc3C)oc2C)cc1CC)C(=O)O. The topological polar surface area (TPSA) is 81.8 Å². The summed E-state index contributed by atoms with van der Waals surface area (Å²) < 4.78 is 17.2. The molecule has 31 heavy (non-hydrogen) atoms. The fraction of sp³-hybridized carbons (Fsp3) is 0.360. The minimum Gasteiger partial charge on any atom is -0.487 e. The van der Waals surface area contributed by atoms with Crippen LogP contribution in [0.2, 0.25) is 0 Å². The molecule has 0 spiro atoms. The fourth-order valence-corrected chi connectivity index (χ4v) is 3.48. The molecular formula is C25H29NO5. The predicted octanol–water partition coefficient (Wildman–Crippen LogP) is 5.13. The van der Waals surface area contributed by atoms with Crippen LogP contribution in [0.15, 0.2) is 46.9 Å². The van der Waals surface area contributed by atoms with Gasteiger partial charge in [0.05, 0.1) is 0 Å². The van der Waals surface area contributed by atoms with Crippen molar-refractivity contribution in [2.75, 3.05) is 6.61 Å². The van der Waals surface area contributed by atoms with E-state index in [2.05, 4.69) is 4.98 Å². The van der Waals surface area contributed by atoms with E-state index in [9.17, 15) is 9.90 Å². The maximum absolute atomic E-state index is 11.4. The van der Waals surface area contributed by atoms with E-state index in [0.29, 0.717) is 31.3 Å². The zero-order valence-corrected chi connectivity index (χ0v) is 18.5. The summed E-state index contributed by atoms with van der Waals surface area (Å²) in [7, 11) is 0. The minimum absolute atomic E-state index is 0.292. The van der Waals surface area contributed by atoms with Gasteiger partial charge in [-0.05, 0) is 62.1 Å². The highest BCUT2D eigenvalue weighted by molar-refractivity contribution is 5.72. The molecular weight excluding hydrogens is 394 g/mol. The van der Waals surface area contributed by atoms with Crippen LogP contribution in [-0.2, 0) is 29.0 Å².